The van der Waals surface area contributed by atoms with Crippen LogP contribution < -0.4 is 15.7 Å². The van der Waals surface area contributed by atoms with Crippen molar-refractivity contribution in [3.63, 3.8) is 0 Å². The lowest BCUT2D eigenvalue weighted by atomic mass is 9.56. The monoisotopic (exact) mass is 260 g/mol. The summed E-state index contributed by atoms with van der Waals surface area (Å²) in [5.74, 6) is -0.524. The van der Waals surface area contributed by atoms with Crippen molar-refractivity contribution in [2.24, 2.45) is 0 Å². The smallest absolute Gasteiger partial charge is 0.362 e. The van der Waals surface area contributed by atoms with Gasteiger partial charge in [-0.3, -0.25) is 0 Å². The van der Waals surface area contributed by atoms with E-state index < -0.39 is 5.82 Å². The molecule has 0 fully saturated rings. The number of fused-ring (bicyclic) bond motifs is 1. The van der Waals surface area contributed by atoms with E-state index in [9.17, 15) is 8.78 Å². The lowest BCUT2D eigenvalue weighted by Gasteiger charge is -2.09. The Hall–Kier alpha value is -1.88. The fourth-order valence-electron chi connectivity index (χ4n) is 2.34. The van der Waals surface area contributed by atoms with Crippen LogP contribution in [0.25, 0.3) is 0 Å². The molecule has 1 aliphatic rings. The molecule has 2 aromatic rings. The number of methoxy groups -OCH3 is 1. The number of hydrogen-bond donors (Lipinski definition) is 0. The number of halogens is 2. The maximum absolute atomic E-state index is 13.7. The van der Waals surface area contributed by atoms with Crippen molar-refractivity contribution in [1.82, 2.24) is 0 Å². The molecule has 5 heteroatoms. The second-order valence-corrected chi connectivity index (χ2v) is 4.43. The predicted molar refractivity (Wildman–Crippen MR) is 69.2 cm³/mol. The van der Waals surface area contributed by atoms with Gasteiger partial charge in [0.1, 0.15) is 5.82 Å². The third-order valence-corrected chi connectivity index (χ3v) is 3.27. The summed E-state index contributed by atoms with van der Waals surface area (Å²) < 4.78 is 37.3. The van der Waals surface area contributed by atoms with E-state index in [1.165, 1.54) is 25.3 Å². The molecule has 0 saturated heterocycles. The first-order valence-electron chi connectivity index (χ1n) is 5.92. The summed E-state index contributed by atoms with van der Waals surface area (Å²) in [6.45, 7) is -0.0122. The molecule has 0 aliphatic carbocycles. The van der Waals surface area contributed by atoms with E-state index in [1.54, 1.807) is 18.2 Å². The molecule has 1 aliphatic heterocycles. The summed E-state index contributed by atoms with van der Waals surface area (Å²) in [5, 5.41) is 0. The molecule has 1 heterocycles. The molecule has 0 saturated carbocycles. The zero-order valence-electron chi connectivity index (χ0n) is 10.3. The zero-order valence-corrected chi connectivity index (χ0v) is 10.3. The number of benzene rings is 2. The highest BCUT2D eigenvalue weighted by atomic mass is 19.1. The maximum Gasteiger partial charge on any atom is 0.362 e. The van der Waals surface area contributed by atoms with E-state index in [-0.39, 0.29) is 18.5 Å². The third kappa shape index (κ3) is 2.10. The van der Waals surface area contributed by atoms with Gasteiger partial charge in [0, 0.05) is 0 Å². The van der Waals surface area contributed by atoms with Crippen LogP contribution in [0.3, 0.4) is 0 Å². The second kappa shape index (κ2) is 4.66. The minimum absolute atomic E-state index is 0.195. The van der Waals surface area contributed by atoms with Crippen LogP contribution in [0.5, 0.6) is 5.75 Å². The summed E-state index contributed by atoms with van der Waals surface area (Å²) in [5.41, 5.74) is 2.39. The van der Waals surface area contributed by atoms with Crippen LogP contribution in [0.4, 0.5) is 8.78 Å². The second-order valence-electron chi connectivity index (χ2n) is 4.43. The zero-order chi connectivity index (χ0) is 13.4. The van der Waals surface area contributed by atoms with Gasteiger partial charge in [-0.1, -0.05) is 12.1 Å². The molecule has 0 amide bonds. The van der Waals surface area contributed by atoms with Crippen molar-refractivity contribution in [2.45, 2.75) is 6.61 Å². The van der Waals surface area contributed by atoms with Crippen LogP contribution >= 0.6 is 0 Å². The maximum atomic E-state index is 13.7. The van der Waals surface area contributed by atoms with E-state index >= 15 is 0 Å². The van der Waals surface area contributed by atoms with Crippen LogP contribution in [0.15, 0.2) is 36.4 Å². The molecule has 0 aromatic heterocycles. The summed E-state index contributed by atoms with van der Waals surface area (Å²) in [6.07, 6.45) is 0. The van der Waals surface area contributed by atoms with Gasteiger partial charge in [0.2, 0.25) is 0 Å². The minimum Gasteiger partial charge on any atom is -0.494 e. The number of rotatable bonds is 2. The van der Waals surface area contributed by atoms with Crippen LogP contribution in [0, 0.1) is 11.6 Å². The van der Waals surface area contributed by atoms with E-state index in [0.29, 0.717) is 12.1 Å². The van der Waals surface area contributed by atoms with E-state index in [1.807, 2.05) is 0 Å². The Balaban J connectivity index is 1.99. The molecule has 96 valence electrons. The van der Waals surface area contributed by atoms with Crippen molar-refractivity contribution in [2.75, 3.05) is 7.11 Å². The van der Waals surface area contributed by atoms with Crippen LogP contribution in [-0.2, 0) is 11.3 Å². The highest BCUT2D eigenvalue weighted by Gasteiger charge is 2.30. The fourth-order valence-corrected chi connectivity index (χ4v) is 2.34. The van der Waals surface area contributed by atoms with Crippen LogP contribution in [0.2, 0.25) is 0 Å². The molecule has 3 rings (SSSR count). The summed E-state index contributed by atoms with van der Waals surface area (Å²) in [4.78, 5) is 0. The normalized spacial score (nSPS) is 13.5. The molecular weight excluding hydrogens is 249 g/mol. The van der Waals surface area contributed by atoms with Gasteiger partial charge < -0.3 is 9.39 Å². The molecule has 0 spiro atoms. The Morgan fingerprint density at radius 3 is 2.74 bits per heavy atom. The largest absolute Gasteiger partial charge is 0.494 e. The number of ether oxygens (including phenoxy) is 1. The molecule has 0 atom stereocenters. The molecule has 0 radical (unpaired) electrons. The van der Waals surface area contributed by atoms with Gasteiger partial charge in [-0.2, -0.15) is 0 Å². The number of hydrogen-bond acceptors (Lipinski definition) is 2. The van der Waals surface area contributed by atoms with Gasteiger partial charge in [0.15, 0.2) is 11.6 Å². The molecule has 2 nitrogen and oxygen atoms in total. The first-order chi connectivity index (χ1) is 9.19. The summed E-state index contributed by atoms with van der Waals surface area (Å²) in [6, 6.07) is 9.24. The van der Waals surface area contributed by atoms with Crippen molar-refractivity contribution >= 4 is 17.8 Å². The Morgan fingerprint density at radius 1 is 1.16 bits per heavy atom. The van der Waals surface area contributed by atoms with Gasteiger partial charge in [-0.25, -0.2) is 8.78 Å². The highest BCUT2D eigenvalue weighted by molar-refractivity contribution is 6.81. The highest BCUT2D eigenvalue weighted by Crippen LogP contribution is 2.17. The lowest BCUT2D eigenvalue weighted by molar-refractivity contribution is 0.336. The van der Waals surface area contributed by atoms with Crippen molar-refractivity contribution in [3.8, 4) is 5.75 Å². The molecule has 0 unspecified atom stereocenters. The first kappa shape index (κ1) is 12.2. The average Bonchev–Trinajstić information content (AvgIpc) is 2.81. The molecule has 19 heavy (non-hydrogen) atoms. The van der Waals surface area contributed by atoms with Crippen molar-refractivity contribution in [1.29, 1.82) is 0 Å². The van der Waals surface area contributed by atoms with E-state index in [0.717, 1.165) is 11.0 Å². The summed E-state index contributed by atoms with van der Waals surface area (Å²) in [7, 11) is 1.42. The van der Waals surface area contributed by atoms with Crippen molar-refractivity contribution in [3.05, 3.63) is 53.6 Å². The van der Waals surface area contributed by atoms with Crippen LogP contribution in [-0.4, -0.2) is 14.0 Å². The van der Waals surface area contributed by atoms with Gasteiger partial charge >= 0.3 is 6.92 Å². The Morgan fingerprint density at radius 2 is 2.00 bits per heavy atom. The first-order valence-corrected chi connectivity index (χ1v) is 5.92. The topological polar surface area (TPSA) is 18.5 Å². The minimum atomic E-state index is -0.431. The quantitative estimate of drug-likeness (QED) is 0.764. The fraction of sp³-hybridized carbons (Fsp3) is 0.143. The predicted octanol–water partition coefficient (Wildman–Crippen LogP) is 1.61. The van der Waals surface area contributed by atoms with Gasteiger partial charge in [-0.05, 0) is 40.8 Å². The average molecular weight is 260 g/mol. The molecular formula is C14H11BF2O2. The molecule has 0 bridgehead atoms. The van der Waals surface area contributed by atoms with Crippen LogP contribution in [0.1, 0.15) is 5.56 Å². The van der Waals surface area contributed by atoms with Gasteiger partial charge in [0.25, 0.3) is 0 Å². The third-order valence-electron chi connectivity index (χ3n) is 3.27. The lowest BCUT2D eigenvalue weighted by Crippen LogP contribution is -2.41. The Kier molecular flexibility index (Phi) is 2.99. The Bertz CT molecular complexity index is 631. The Labute approximate surface area is 110 Å². The summed E-state index contributed by atoms with van der Waals surface area (Å²) >= 11 is 0. The molecule has 2 aromatic carbocycles. The van der Waals surface area contributed by atoms with Gasteiger partial charge in [0.05, 0.1) is 13.7 Å². The van der Waals surface area contributed by atoms with Crippen molar-refractivity contribution < 1.29 is 18.2 Å². The van der Waals surface area contributed by atoms with Gasteiger partial charge in [-0.15, -0.1) is 0 Å². The SMILES string of the molecule is COc1ccc(B2OCc3cc(F)ccc32)cc1F. The van der Waals surface area contributed by atoms with E-state index in [2.05, 4.69) is 0 Å². The molecule has 0 N–H and O–H groups in total. The van der Waals surface area contributed by atoms with E-state index in [4.69, 9.17) is 9.39 Å². The standard InChI is InChI=1S/C14H11BF2O2/c1-18-14-5-2-10(7-13(14)17)15-12-4-3-11(16)6-9(12)8-19-15/h2-7H,8H2,1H3.